The van der Waals surface area contributed by atoms with E-state index in [2.05, 4.69) is 23.8 Å². The lowest BCUT2D eigenvalue weighted by Crippen LogP contribution is -2.34. The van der Waals surface area contributed by atoms with E-state index in [9.17, 15) is 9.90 Å². The molecule has 0 amide bonds. The molecule has 2 heterocycles. The highest BCUT2D eigenvalue weighted by atomic mass is 16.5. The van der Waals surface area contributed by atoms with Crippen molar-refractivity contribution in [3.63, 3.8) is 0 Å². The van der Waals surface area contributed by atoms with Crippen LogP contribution in [0.3, 0.4) is 0 Å². The maximum Gasteiger partial charge on any atom is 0.338 e. The maximum atomic E-state index is 12.0. The fourth-order valence-corrected chi connectivity index (χ4v) is 3.09. The van der Waals surface area contributed by atoms with Crippen LogP contribution >= 0.6 is 0 Å². The number of rotatable bonds is 3. The first-order valence-corrected chi connectivity index (χ1v) is 8.03. The number of ether oxygens (including phenoxy) is 1. The van der Waals surface area contributed by atoms with Crippen molar-refractivity contribution in [1.29, 1.82) is 0 Å². The summed E-state index contributed by atoms with van der Waals surface area (Å²) in [7, 11) is 1.38. The standard InChI is InChI=1S/C19H21N3O3/c1-12-8-9-16(23)17(21-12)20-11-22-10-14-13(18(24)25-4)6-5-7-15(14)19(22,2)3/h5-9,11,23H,10H2,1-4H3. The number of pyridine rings is 1. The monoisotopic (exact) mass is 339 g/mol. The van der Waals surface area contributed by atoms with Crippen LogP contribution in [-0.2, 0) is 16.8 Å². The van der Waals surface area contributed by atoms with Crippen molar-refractivity contribution in [3.05, 3.63) is 52.7 Å². The number of esters is 1. The van der Waals surface area contributed by atoms with Crippen molar-refractivity contribution in [2.45, 2.75) is 32.9 Å². The molecule has 1 aliphatic rings. The molecule has 3 rings (SSSR count). The average molecular weight is 339 g/mol. The molecule has 0 fully saturated rings. The zero-order valence-corrected chi connectivity index (χ0v) is 14.8. The molecule has 0 radical (unpaired) electrons. The molecule has 0 spiro atoms. The summed E-state index contributed by atoms with van der Waals surface area (Å²) in [6.45, 7) is 6.51. The largest absolute Gasteiger partial charge is 0.504 e. The molecule has 1 aromatic heterocycles. The Bertz CT molecular complexity index is 859. The Morgan fingerprint density at radius 1 is 1.36 bits per heavy atom. The number of methoxy groups -OCH3 is 1. The Hall–Kier alpha value is -2.89. The molecule has 0 aliphatic carbocycles. The van der Waals surface area contributed by atoms with Gasteiger partial charge in [0.2, 0.25) is 0 Å². The normalized spacial score (nSPS) is 15.4. The molecule has 2 aromatic rings. The fraction of sp³-hybridized carbons (Fsp3) is 0.316. The van der Waals surface area contributed by atoms with Gasteiger partial charge in [-0.15, -0.1) is 0 Å². The van der Waals surface area contributed by atoms with Gasteiger partial charge in [0, 0.05) is 12.2 Å². The van der Waals surface area contributed by atoms with E-state index in [1.165, 1.54) is 7.11 Å². The summed E-state index contributed by atoms with van der Waals surface area (Å²) in [6, 6.07) is 8.95. The summed E-state index contributed by atoms with van der Waals surface area (Å²) in [5.74, 6) is -0.0315. The summed E-state index contributed by atoms with van der Waals surface area (Å²) in [4.78, 5) is 22.6. The van der Waals surface area contributed by atoms with E-state index in [1.54, 1.807) is 24.5 Å². The van der Waals surface area contributed by atoms with Gasteiger partial charge in [-0.1, -0.05) is 12.1 Å². The maximum absolute atomic E-state index is 12.0. The molecule has 130 valence electrons. The third-order valence-electron chi connectivity index (χ3n) is 4.60. The van der Waals surface area contributed by atoms with Gasteiger partial charge in [0.1, 0.15) is 0 Å². The quantitative estimate of drug-likeness (QED) is 0.527. The first-order valence-electron chi connectivity index (χ1n) is 8.03. The van der Waals surface area contributed by atoms with E-state index < -0.39 is 0 Å². The summed E-state index contributed by atoms with van der Waals surface area (Å²) < 4.78 is 4.89. The van der Waals surface area contributed by atoms with Gasteiger partial charge in [-0.25, -0.2) is 14.8 Å². The zero-order chi connectivity index (χ0) is 18.2. The predicted octanol–water partition coefficient (Wildman–Crippen LogP) is 3.29. The number of aromatic hydroxyl groups is 1. The topological polar surface area (TPSA) is 75.0 Å². The van der Waals surface area contributed by atoms with Crippen molar-refractivity contribution in [2.75, 3.05) is 7.11 Å². The van der Waals surface area contributed by atoms with Gasteiger partial charge in [0.25, 0.3) is 0 Å². The molecule has 1 N–H and O–H groups in total. The van der Waals surface area contributed by atoms with Gasteiger partial charge in [0.05, 0.1) is 24.6 Å². The second-order valence-electron chi connectivity index (χ2n) is 6.55. The van der Waals surface area contributed by atoms with E-state index in [-0.39, 0.29) is 23.1 Å². The van der Waals surface area contributed by atoms with Gasteiger partial charge >= 0.3 is 5.97 Å². The highest BCUT2D eigenvalue weighted by molar-refractivity contribution is 5.92. The number of aliphatic imine (C=N–C) groups is 1. The smallest absolute Gasteiger partial charge is 0.338 e. The highest BCUT2D eigenvalue weighted by Gasteiger charge is 2.38. The molecule has 25 heavy (non-hydrogen) atoms. The van der Waals surface area contributed by atoms with Crippen molar-refractivity contribution >= 4 is 18.1 Å². The molecule has 0 saturated heterocycles. The van der Waals surface area contributed by atoms with Crippen molar-refractivity contribution in [1.82, 2.24) is 9.88 Å². The molecular formula is C19H21N3O3. The first-order chi connectivity index (χ1) is 11.8. The Balaban J connectivity index is 1.96. The highest BCUT2D eigenvalue weighted by Crippen LogP contribution is 2.39. The average Bonchev–Trinajstić information content (AvgIpc) is 2.85. The number of benzene rings is 1. The molecule has 6 heteroatoms. The van der Waals surface area contributed by atoms with Gasteiger partial charge in [0.15, 0.2) is 11.6 Å². The third-order valence-corrected chi connectivity index (χ3v) is 4.60. The van der Waals surface area contributed by atoms with Crippen molar-refractivity contribution < 1.29 is 14.6 Å². The van der Waals surface area contributed by atoms with Crippen molar-refractivity contribution in [2.24, 2.45) is 4.99 Å². The van der Waals surface area contributed by atoms with Crippen LogP contribution in [0, 0.1) is 6.92 Å². The van der Waals surface area contributed by atoms with E-state index in [4.69, 9.17) is 4.74 Å². The summed E-state index contributed by atoms with van der Waals surface area (Å²) in [5, 5.41) is 9.91. The molecular weight excluding hydrogens is 318 g/mol. The Morgan fingerprint density at radius 3 is 2.84 bits per heavy atom. The van der Waals surface area contributed by atoms with Gasteiger partial charge in [-0.2, -0.15) is 0 Å². The second kappa shape index (κ2) is 6.20. The van der Waals surface area contributed by atoms with Crippen LogP contribution in [0.15, 0.2) is 35.3 Å². The van der Waals surface area contributed by atoms with Crippen LogP contribution in [0.1, 0.15) is 41.0 Å². The summed E-state index contributed by atoms with van der Waals surface area (Å²) >= 11 is 0. The number of hydrogen-bond acceptors (Lipinski definition) is 5. The van der Waals surface area contributed by atoms with E-state index in [0.717, 1.165) is 16.8 Å². The van der Waals surface area contributed by atoms with Gasteiger partial charge in [-0.05, 0) is 50.1 Å². The molecule has 6 nitrogen and oxygen atoms in total. The Morgan fingerprint density at radius 2 is 2.12 bits per heavy atom. The number of aromatic nitrogens is 1. The molecule has 0 atom stereocenters. The third kappa shape index (κ3) is 2.95. The lowest BCUT2D eigenvalue weighted by molar-refractivity contribution is 0.0599. The number of aryl methyl sites for hydroxylation is 1. The minimum atomic E-state index is -0.345. The lowest BCUT2D eigenvalue weighted by atomic mass is 9.92. The molecule has 0 unspecified atom stereocenters. The van der Waals surface area contributed by atoms with E-state index in [0.29, 0.717) is 12.1 Å². The van der Waals surface area contributed by atoms with E-state index >= 15 is 0 Å². The van der Waals surface area contributed by atoms with Crippen LogP contribution in [0.4, 0.5) is 5.82 Å². The van der Waals surface area contributed by atoms with E-state index in [1.807, 2.05) is 24.0 Å². The minimum Gasteiger partial charge on any atom is -0.504 e. The molecule has 0 saturated carbocycles. The zero-order valence-electron chi connectivity index (χ0n) is 14.8. The summed E-state index contributed by atoms with van der Waals surface area (Å²) in [5.41, 5.74) is 3.00. The predicted molar refractivity (Wildman–Crippen MR) is 95.1 cm³/mol. The lowest BCUT2D eigenvalue weighted by Gasteiger charge is -2.30. The number of fused-ring (bicyclic) bond motifs is 1. The molecule has 1 aliphatic heterocycles. The van der Waals surface area contributed by atoms with Crippen LogP contribution in [0.5, 0.6) is 5.75 Å². The SMILES string of the molecule is COC(=O)c1cccc2c1CN(C=Nc1nc(C)ccc1O)C2(C)C. The van der Waals surface area contributed by atoms with Crippen LogP contribution < -0.4 is 0 Å². The first kappa shape index (κ1) is 17.0. The second-order valence-corrected chi connectivity index (χ2v) is 6.55. The van der Waals surface area contributed by atoms with Gasteiger partial charge < -0.3 is 14.7 Å². The Labute approximate surface area is 146 Å². The summed E-state index contributed by atoms with van der Waals surface area (Å²) in [6.07, 6.45) is 1.67. The number of carbonyl (C=O) groups excluding carboxylic acids is 1. The molecule has 1 aromatic carbocycles. The fourth-order valence-electron chi connectivity index (χ4n) is 3.09. The number of hydrogen-bond donors (Lipinski definition) is 1. The van der Waals surface area contributed by atoms with Crippen LogP contribution in [0.2, 0.25) is 0 Å². The van der Waals surface area contributed by atoms with Crippen LogP contribution in [0.25, 0.3) is 0 Å². The van der Waals surface area contributed by atoms with Gasteiger partial charge in [-0.3, -0.25) is 0 Å². The number of nitrogens with zero attached hydrogens (tertiary/aromatic N) is 3. The van der Waals surface area contributed by atoms with Crippen molar-refractivity contribution in [3.8, 4) is 5.75 Å². The Kier molecular flexibility index (Phi) is 4.20. The minimum absolute atomic E-state index is 0.0339. The molecule has 0 bridgehead atoms. The number of carbonyl (C=O) groups is 1. The van der Waals surface area contributed by atoms with Crippen LogP contribution in [-0.4, -0.2) is 34.4 Å².